The van der Waals surface area contributed by atoms with E-state index in [-0.39, 0.29) is 25.7 Å². The minimum Gasteiger partial charge on any atom is -0.462 e. The molecule has 606 valence electrons. The van der Waals surface area contributed by atoms with Crippen molar-refractivity contribution in [3.05, 3.63) is 0 Å². The molecule has 0 amide bonds. The van der Waals surface area contributed by atoms with Gasteiger partial charge in [-0.25, -0.2) is 9.13 Å². The fraction of sp³-hybridized carbons (Fsp3) is 0.952. The topological polar surface area (TPSA) is 237 Å². The number of aliphatic hydroxyl groups excluding tert-OH is 1. The summed E-state index contributed by atoms with van der Waals surface area (Å²) in [6.07, 6.45) is 62.5. The summed E-state index contributed by atoms with van der Waals surface area (Å²) in [4.78, 5) is 73.1. The Morgan fingerprint density at radius 3 is 0.667 bits per heavy atom. The zero-order chi connectivity index (χ0) is 75.1. The number of carbonyl (C=O) groups excluding carboxylic acids is 4. The third-order valence-electron chi connectivity index (χ3n) is 19.4. The second-order valence-corrected chi connectivity index (χ2v) is 34.2. The van der Waals surface area contributed by atoms with Crippen molar-refractivity contribution < 1.29 is 80.2 Å². The molecule has 0 saturated carbocycles. The molecule has 0 aromatic rings. The van der Waals surface area contributed by atoms with Crippen LogP contribution in [0, 0.1) is 17.8 Å². The van der Waals surface area contributed by atoms with Gasteiger partial charge in [-0.15, -0.1) is 0 Å². The summed E-state index contributed by atoms with van der Waals surface area (Å²) in [5.41, 5.74) is 0. The highest BCUT2D eigenvalue weighted by atomic mass is 31.2. The summed E-state index contributed by atoms with van der Waals surface area (Å²) < 4.78 is 68.8. The molecule has 0 aromatic heterocycles. The van der Waals surface area contributed by atoms with E-state index in [1.54, 1.807) is 0 Å². The number of ether oxygens (including phenoxy) is 4. The molecule has 0 bridgehead atoms. The maximum atomic E-state index is 13.1. The van der Waals surface area contributed by atoms with E-state index < -0.39 is 97.5 Å². The Morgan fingerprint density at radius 1 is 0.265 bits per heavy atom. The first-order valence-electron chi connectivity index (χ1n) is 42.8. The van der Waals surface area contributed by atoms with Crippen molar-refractivity contribution in [2.24, 2.45) is 17.8 Å². The van der Waals surface area contributed by atoms with Crippen molar-refractivity contribution in [3.8, 4) is 0 Å². The summed E-state index contributed by atoms with van der Waals surface area (Å²) in [5, 5.41) is 10.7. The van der Waals surface area contributed by atoms with Crippen LogP contribution in [0.1, 0.15) is 434 Å². The predicted octanol–water partition coefficient (Wildman–Crippen LogP) is 24.9. The van der Waals surface area contributed by atoms with Gasteiger partial charge < -0.3 is 33.8 Å². The molecule has 0 aliphatic heterocycles. The monoisotopic (exact) mass is 1490 g/mol. The zero-order valence-corrected chi connectivity index (χ0v) is 68.9. The molecular weight excluding hydrogens is 1330 g/mol. The minimum absolute atomic E-state index is 0.106. The standard InChI is InChI=1S/C83H162O17P2/c1-8-9-10-11-12-13-14-15-16-17-18-19-22-26-29-37-45-52-59-66-82(87)99-78(70-93-80(85)64-57-50-43-36-28-25-23-20-21-24-27-33-40-47-54-61-74(2)3)72-97-101(89,90)95-68-77(84)69-96-102(91,92)98-73-79(71-94-81(86)65-58-51-44-39-32-35-42-49-56-63-76(6)7)100-83(88)67-60-53-46-38-31-30-34-41-48-55-62-75(4)5/h74-79,84H,8-73H2,1-7H3,(H,89,90)(H,91,92)/t77-,78-,79-/m1/s1. The van der Waals surface area contributed by atoms with Crippen molar-refractivity contribution in [2.45, 2.75) is 452 Å². The first-order chi connectivity index (χ1) is 49.2. The predicted molar refractivity (Wildman–Crippen MR) is 418 cm³/mol. The van der Waals surface area contributed by atoms with E-state index in [0.29, 0.717) is 25.7 Å². The Hall–Kier alpha value is -1.94. The number of rotatable bonds is 81. The van der Waals surface area contributed by atoms with Crippen LogP contribution in [0.15, 0.2) is 0 Å². The molecule has 0 spiro atoms. The second-order valence-electron chi connectivity index (χ2n) is 31.3. The number of hydrogen-bond donors (Lipinski definition) is 3. The molecule has 0 radical (unpaired) electrons. The van der Waals surface area contributed by atoms with Gasteiger partial charge in [0.15, 0.2) is 12.2 Å². The molecule has 0 aliphatic rings. The average Bonchev–Trinajstić information content (AvgIpc) is 0.912. The van der Waals surface area contributed by atoms with E-state index in [1.807, 2.05) is 0 Å². The lowest BCUT2D eigenvalue weighted by atomic mass is 10.0. The van der Waals surface area contributed by atoms with E-state index in [1.165, 1.54) is 244 Å². The summed E-state index contributed by atoms with van der Waals surface area (Å²) in [5.74, 6) is 0.194. The Morgan fingerprint density at radius 2 is 0.451 bits per heavy atom. The van der Waals surface area contributed by atoms with Gasteiger partial charge in [0, 0.05) is 25.7 Å². The molecular formula is C83H162O17P2. The van der Waals surface area contributed by atoms with Gasteiger partial charge in [-0.05, 0) is 43.4 Å². The van der Waals surface area contributed by atoms with Gasteiger partial charge in [0.2, 0.25) is 0 Å². The van der Waals surface area contributed by atoms with Crippen LogP contribution in [0.2, 0.25) is 0 Å². The summed E-state index contributed by atoms with van der Waals surface area (Å²) in [6.45, 7) is 12.0. The van der Waals surface area contributed by atoms with Crippen LogP contribution in [0.4, 0.5) is 0 Å². The maximum absolute atomic E-state index is 13.1. The lowest BCUT2D eigenvalue weighted by Gasteiger charge is -2.21. The zero-order valence-electron chi connectivity index (χ0n) is 67.1. The number of esters is 4. The smallest absolute Gasteiger partial charge is 0.462 e. The maximum Gasteiger partial charge on any atom is 0.472 e. The lowest BCUT2D eigenvalue weighted by Crippen LogP contribution is -2.30. The highest BCUT2D eigenvalue weighted by molar-refractivity contribution is 7.47. The molecule has 0 aliphatic carbocycles. The summed E-state index contributed by atoms with van der Waals surface area (Å²) in [7, 11) is -9.92. The van der Waals surface area contributed by atoms with Crippen molar-refractivity contribution in [1.82, 2.24) is 0 Å². The highest BCUT2D eigenvalue weighted by Gasteiger charge is 2.30. The first kappa shape index (κ1) is 100. The quantitative estimate of drug-likeness (QED) is 0.0222. The van der Waals surface area contributed by atoms with E-state index in [2.05, 4.69) is 48.5 Å². The molecule has 102 heavy (non-hydrogen) atoms. The van der Waals surface area contributed by atoms with Gasteiger partial charge in [0.1, 0.15) is 19.3 Å². The van der Waals surface area contributed by atoms with Gasteiger partial charge in [0.05, 0.1) is 26.4 Å². The molecule has 0 aromatic carbocycles. The molecule has 19 heteroatoms. The number of unbranched alkanes of at least 4 members (excludes halogenated alkanes) is 49. The minimum atomic E-state index is -4.96. The molecule has 0 saturated heterocycles. The van der Waals surface area contributed by atoms with E-state index in [4.69, 9.17) is 37.0 Å². The van der Waals surface area contributed by atoms with Crippen LogP contribution in [0.5, 0.6) is 0 Å². The van der Waals surface area contributed by atoms with Crippen LogP contribution in [0.25, 0.3) is 0 Å². The highest BCUT2D eigenvalue weighted by Crippen LogP contribution is 2.45. The van der Waals surface area contributed by atoms with Crippen LogP contribution < -0.4 is 0 Å². The third-order valence-corrected chi connectivity index (χ3v) is 21.3. The van der Waals surface area contributed by atoms with Gasteiger partial charge in [0.25, 0.3) is 0 Å². The fourth-order valence-corrected chi connectivity index (χ4v) is 14.4. The van der Waals surface area contributed by atoms with Gasteiger partial charge >= 0.3 is 39.5 Å². The molecule has 2 unspecified atom stereocenters. The fourth-order valence-electron chi connectivity index (χ4n) is 12.8. The number of carbonyl (C=O) groups is 4. The number of phosphoric ester groups is 2. The second kappa shape index (κ2) is 73.2. The third kappa shape index (κ3) is 76.3. The molecule has 0 heterocycles. The molecule has 0 rings (SSSR count). The van der Waals surface area contributed by atoms with Gasteiger partial charge in [-0.1, -0.05) is 382 Å². The molecule has 3 N–H and O–H groups in total. The Labute approximate surface area is 626 Å². The lowest BCUT2D eigenvalue weighted by molar-refractivity contribution is -0.161. The SMILES string of the molecule is CCCCCCCCCCCCCCCCCCCCCC(=O)O[C@H](COC(=O)CCCCCCCCCCCCCCCCCC(C)C)COP(=O)(O)OC[C@@H](O)COP(=O)(O)OC[C@@H](COC(=O)CCCCCCCCCCCC(C)C)OC(=O)CCCCCCCCCCCCC(C)C. The van der Waals surface area contributed by atoms with Crippen molar-refractivity contribution in [2.75, 3.05) is 39.6 Å². The molecule has 0 fully saturated rings. The summed E-state index contributed by atoms with van der Waals surface area (Å²) in [6, 6.07) is 0. The number of aliphatic hydroxyl groups is 1. The largest absolute Gasteiger partial charge is 0.472 e. The van der Waals surface area contributed by atoms with Crippen LogP contribution >= 0.6 is 15.6 Å². The Kier molecular flexibility index (Phi) is 71.8. The van der Waals surface area contributed by atoms with E-state index in [0.717, 1.165) is 108 Å². The van der Waals surface area contributed by atoms with E-state index in [9.17, 15) is 43.2 Å². The normalized spacial score (nSPS) is 13.9. The molecule has 17 nitrogen and oxygen atoms in total. The van der Waals surface area contributed by atoms with Crippen LogP contribution in [-0.4, -0.2) is 96.7 Å². The Balaban J connectivity index is 5.25. The summed E-state index contributed by atoms with van der Waals surface area (Å²) >= 11 is 0. The average molecular weight is 1490 g/mol. The van der Waals surface area contributed by atoms with Crippen LogP contribution in [0.3, 0.4) is 0 Å². The van der Waals surface area contributed by atoms with Crippen molar-refractivity contribution in [3.63, 3.8) is 0 Å². The first-order valence-corrected chi connectivity index (χ1v) is 45.8. The Bertz CT molecular complexity index is 1970. The van der Waals surface area contributed by atoms with Gasteiger partial charge in [-0.3, -0.25) is 37.3 Å². The van der Waals surface area contributed by atoms with Crippen molar-refractivity contribution in [1.29, 1.82) is 0 Å². The molecule has 5 atom stereocenters. The van der Waals surface area contributed by atoms with E-state index >= 15 is 0 Å². The van der Waals surface area contributed by atoms with Gasteiger partial charge in [-0.2, -0.15) is 0 Å². The number of hydrogen-bond acceptors (Lipinski definition) is 15. The number of phosphoric acid groups is 2. The van der Waals surface area contributed by atoms with Crippen molar-refractivity contribution >= 4 is 39.5 Å². The van der Waals surface area contributed by atoms with Crippen LogP contribution in [-0.2, 0) is 65.4 Å².